The monoisotopic (exact) mass is 494 g/mol. The molecule has 5 heteroatoms. The number of cyclic esters (lactones) is 2. The molecule has 1 aliphatic heterocycles. The summed E-state index contributed by atoms with van der Waals surface area (Å²) in [6.07, 6.45) is 27.3. The van der Waals surface area contributed by atoms with Gasteiger partial charge in [0, 0.05) is 6.42 Å². The van der Waals surface area contributed by atoms with Crippen LogP contribution >= 0.6 is 0 Å². The molecule has 0 aliphatic carbocycles. The van der Waals surface area contributed by atoms with Crippen LogP contribution in [0.4, 0.5) is 0 Å². The molecule has 0 radical (unpaired) electrons. The fourth-order valence-electron chi connectivity index (χ4n) is 3.86. The second-order valence-electron chi connectivity index (χ2n) is 10.1. The zero-order chi connectivity index (χ0) is 26.0. The van der Waals surface area contributed by atoms with Crippen molar-refractivity contribution in [2.75, 3.05) is 6.61 Å². The summed E-state index contributed by atoms with van der Waals surface area (Å²) in [6.45, 7) is 7.40. The Morgan fingerprint density at radius 3 is 1.80 bits per heavy atom. The molecule has 35 heavy (non-hydrogen) atoms. The second-order valence-corrected chi connectivity index (χ2v) is 10.1. The molecule has 1 rings (SSSR count). The Kier molecular flexibility index (Phi) is 24.2. The first kappa shape index (κ1) is 33.4. The van der Waals surface area contributed by atoms with Gasteiger partial charge in [-0.15, -0.1) is 0 Å². The van der Waals surface area contributed by atoms with Crippen LogP contribution < -0.4 is 0 Å². The van der Waals surface area contributed by atoms with E-state index in [9.17, 15) is 14.4 Å². The summed E-state index contributed by atoms with van der Waals surface area (Å²) < 4.78 is 9.40. The van der Waals surface area contributed by atoms with Crippen LogP contribution in [0.1, 0.15) is 149 Å². The number of carbonyl (C=O) groups excluding carboxylic acids is 3. The number of allylic oxidation sites excluding steroid dienone is 2. The van der Waals surface area contributed by atoms with E-state index < -0.39 is 11.9 Å². The van der Waals surface area contributed by atoms with Gasteiger partial charge in [0.2, 0.25) is 0 Å². The molecule has 0 saturated carbocycles. The summed E-state index contributed by atoms with van der Waals surface area (Å²) in [4.78, 5) is 31.7. The van der Waals surface area contributed by atoms with E-state index >= 15 is 0 Å². The minimum Gasteiger partial charge on any atom is -0.466 e. The fourth-order valence-corrected chi connectivity index (χ4v) is 3.86. The lowest BCUT2D eigenvalue weighted by molar-refractivity contribution is -0.152. The molecular weight excluding hydrogens is 440 g/mol. The first-order valence-corrected chi connectivity index (χ1v) is 14.5. The lowest BCUT2D eigenvalue weighted by atomic mass is 10.1. The molecule has 0 aromatic rings. The smallest absolute Gasteiger partial charge is 0.314 e. The van der Waals surface area contributed by atoms with Gasteiger partial charge in [-0.2, -0.15) is 0 Å². The highest BCUT2D eigenvalue weighted by molar-refractivity contribution is 5.92. The predicted molar refractivity (Wildman–Crippen MR) is 144 cm³/mol. The summed E-state index contributed by atoms with van der Waals surface area (Å²) in [6, 6.07) is 0. The van der Waals surface area contributed by atoms with E-state index in [1.807, 2.05) is 0 Å². The molecule has 0 spiro atoms. The van der Waals surface area contributed by atoms with Crippen molar-refractivity contribution in [2.45, 2.75) is 149 Å². The van der Waals surface area contributed by atoms with Gasteiger partial charge in [0.15, 0.2) is 0 Å². The number of unbranched alkanes of at least 4 members (excludes halogenated alkanes) is 13. The van der Waals surface area contributed by atoms with Crippen molar-refractivity contribution in [1.29, 1.82) is 0 Å². The normalized spacial score (nSPS) is 13.3. The van der Waals surface area contributed by atoms with Gasteiger partial charge in [-0.1, -0.05) is 104 Å². The molecule has 204 valence electrons. The van der Waals surface area contributed by atoms with E-state index in [1.165, 1.54) is 89.9 Å². The first-order chi connectivity index (χ1) is 17.0. The SMILES string of the molecule is CCCCCCCC/C=C\CCCCCCCC(=O)OCCCCCC(C)C.O=C1CCC(=O)O1. The molecule has 1 heterocycles. The minimum absolute atomic E-state index is 0.00138. The van der Waals surface area contributed by atoms with Gasteiger partial charge in [-0.05, 0) is 44.4 Å². The zero-order valence-electron chi connectivity index (χ0n) is 23.1. The van der Waals surface area contributed by atoms with Gasteiger partial charge < -0.3 is 9.47 Å². The van der Waals surface area contributed by atoms with Crippen molar-refractivity contribution in [3.05, 3.63) is 12.2 Å². The summed E-state index contributed by atoms with van der Waals surface area (Å²) >= 11 is 0. The third kappa shape index (κ3) is 26.8. The third-order valence-electron chi connectivity index (χ3n) is 6.09. The molecule has 1 fully saturated rings. The molecule has 0 bridgehead atoms. The van der Waals surface area contributed by atoms with Crippen molar-refractivity contribution in [3.63, 3.8) is 0 Å². The maximum absolute atomic E-state index is 11.7. The Balaban J connectivity index is 0.00000140. The highest BCUT2D eigenvalue weighted by Crippen LogP contribution is 2.11. The van der Waals surface area contributed by atoms with E-state index in [1.54, 1.807) is 0 Å². The summed E-state index contributed by atoms with van der Waals surface area (Å²) in [7, 11) is 0. The Morgan fingerprint density at radius 1 is 0.771 bits per heavy atom. The summed E-state index contributed by atoms with van der Waals surface area (Å²) in [5.41, 5.74) is 0. The lowest BCUT2D eigenvalue weighted by Gasteiger charge is -2.06. The highest BCUT2D eigenvalue weighted by Gasteiger charge is 2.19. The average Bonchev–Trinajstić information content (AvgIpc) is 3.21. The van der Waals surface area contributed by atoms with Crippen molar-refractivity contribution in [1.82, 2.24) is 0 Å². The molecule has 0 aromatic heterocycles. The third-order valence-corrected chi connectivity index (χ3v) is 6.09. The maximum Gasteiger partial charge on any atom is 0.314 e. The van der Waals surface area contributed by atoms with Crippen molar-refractivity contribution in [3.8, 4) is 0 Å². The van der Waals surface area contributed by atoms with E-state index in [4.69, 9.17) is 4.74 Å². The molecule has 0 unspecified atom stereocenters. The van der Waals surface area contributed by atoms with Crippen LogP contribution in [0.5, 0.6) is 0 Å². The van der Waals surface area contributed by atoms with Crippen LogP contribution in [0.25, 0.3) is 0 Å². The van der Waals surface area contributed by atoms with Crippen molar-refractivity contribution >= 4 is 17.9 Å². The van der Waals surface area contributed by atoms with E-state index in [0.29, 0.717) is 13.0 Å². The molecular formula is C30H54O5. The number of rotatable bonds is 21. The fraction of sp³-hybridized carbons (Fsp3) is 0.833. The Labute approximate surface area is 215 Å². The Morgan fingerprint density at radius 2 is 1.29 bits per heavy atom. The largest absolute Gasteiger partial charge is 0.466 e. The van der Waals surface area contributed by atoms with Crippen LogP contribution in [0.15, 0.2) is 12.2 Å². The van der Waals surface area contributed by atoms with Crippen molar-refractivity contribution < 1.29 is 23.9 Å². The second kappa shape index (κ2) is 25.4. The number of carbonyl (C=O) groups is 3. The van der Waals surface area contributed by atoms with Gasteiger partial charge in [0.25, 0.3) is 0 Å². The van der Waals surface area contributed by atoms with Crippen LogP contribution in [-0.2, 0) is 23.9 Å². The van der Waals surface area contributed by atoms with Crippen LogP contribution in [0, 0.1) is 5.92 Å². The quantitative estimate of drug-likeness (QED) is 0.0691. The molecule has 1 saturated heterocycles. The van der Waals surface area contributed by atoms with E-state index in [2.05, 4.69) is 37.7 Å². The number of esters is 3. The topological polar surface area (TPSA) is 69.7 Å². The summed E-state index contributed by atoms with van der Waals surface area (Å²) in [5.74, 6) is -0.0137. The molecule has 0 atom stereocenters. The molecule has 1 aliphatic rings. The van der Waals surface area contributed by atoms with Crippen LogP contribution in [0.3, 0.4) is 0 Å². The molecule has 0 amide bonds. The molecule has 0 aromatic carbocycles. The van der Waals surface area contributed by atoms with E-state index in [-0.39, 0.29) is 18.8 Å². The minimum atomic E-state index is -0.398. The lowest BCUT2D eigenvalue weighted by Crippen LogP contribution is -2.05. The highest BCUT2D eigenvalue weighted by atomic mass is 16.6. The number of ether oxygens (including phenoxy) is 2. The van der Waals surface area contributed by atoms with Crippen molar-refractivity contribution in [2.24, 2.45) is 5.92 Å². The van der Waals surface area contributed by atoms with E-state index in [0.717, 1.165) is 25.2 Å². The maximum atomic E-state index is 11.7. The standard InChI is InChI=1S/C26H50O2.C4H4O3/c1-4-5-6-7-8-9-10-11-12-13-14-15-16-17-20-23-26(27)28-24-21-18-19-22-25(2)3;5-3-1-2-4(6)7-3/h11-12,25H,4-10,13-24H2,1-3H3;1-2H2/b12-11-;. The van der Waals surface area contributed by atoms with Crippen LogP contribution in [0.2, 0.25) is 0 Å². The van der Waals surface area contributed by atoms with Gasteiger partial charge in [0.05, 0.1) is 19.4 Å². The molecule has 0 N–H and O–H groups in total. The van der Waals surface area contributed by atoms with Gasteiger partial charge in [-0.25, -0.2) is 0 Å². The Bertz CT molecular complexity index is 539. The van der Waals surface area contributed by atoms with Gasteiger partial charge in [-0.3, -0.25) is 14.4 Å². The van der Waals surface area contributed by atoms with Crippen LogP contribution in [-0.4, -0.2) is 24.5 Å². The first-order valence-electron chi connectivity index (χ1n) is 14.5. The van der Waals surface area contributed by atoms with Gasteiger partial charge >= 0.3 is 17.9 Å². The zero-order valence-corrected chi connectivity index (χ0v) is 23.1. The number of hydrogen-bond donors (Lipinski definition) is 0. The Hall–Kier alpha value is -1.65. The average molecular weight is 495 g/mol. The summed E-state index contributed by atoms with van der Waals surface area (Å²) in [5, 5.41) is 0. The van der Waals surface area contributed by atoms with Gasteiger partial charge in [0.1, 0.15) is 0 Å². The predicted octanol–water partition coefficient (Wildman–Crippen LogP) is 8.63. The molecule has 5 nitrogen and oxygen atoms in total. The number of hydrogen-bond acceptors (Lipinski definition) is 5.